The zero-order valence-corrected chi connectivity index (χ0v) is 15.7. The van der Waals surface area contributed by atoms with Crippen LogP contribution in [0.1, 0.15) is 64.6 Å². The summed E-state index contributed by atoms with van der Waals surface area (Å²) in [5, 5.41) is 0. The Labute approximate surface area is 143 Å². The van der Waals surface area contributed by atoms with Crippen LogP contribution in [0.3, 0.4) is 0 Å². The Morgan fingerprint density at radius 2 is 1.78 bits per heavy atom. The van der Waals surface area contributed by atoms with Crippen LogP contribution in [0.25, 0.3) is 0 Å². The molecule has 132 valence electrons. The van der Waals surface area contributed by atoms with E-state index in [1.165, 1.54) is 63.7 Å². The Kier molecular flexibility index (Phi) is 10.3. The predicted octanol–water partition coefficient (Wildman–Crippen LogP) is 3.81. The fraction of sp³-hybridized carbons (Fsp3) is 0.737. The summed E-state index contributed by atoms with van der Waals surface area (Å²) in [6.07, 6.45) is 18.9. The molecule has 4 nitrogen and oxygen atoms in total. The maximum absolute atomic E-state index is 3.25. The van der Waals surface area contributed by atoms with Gasteiger partial charge >= 0.3 is 0 Å². The van der Waals surface area contributed by atoms with E-state index in [9.17, 15) is 0 Å². The molecule has 0 amide bonds. The van der Waals surface area contributed by atoms with Crippen molar-refractivity contribution >= 4 is 0 Å². The number of hydrogen-bond acceptors (Lipinski definition) is 2. The summed E-state index contributed by atoms with van der Waals surface area (Å²) in [6, 6.07) is 0. The van der Waals surface area contributed by atoms with Crippen LogP contribution < -0.4 is 4.57 Å². The molecule has 0 spiro atoms. The van der Waals surface area contributed by atoms with Crippen LogP contribution in [-0.2, 0) is 13.5 Å². The number of aromatic amines is 1. The van der Waals surface area contributed by atoms with Gasteiger partial charge in [0.15, 0.2) is 0 Å². The molecular formula is C19H37N4+. The first-order valence-corrected chi connectivity index (χ1v) is 9.31. The normalized spacial score (nSPS) is 13.4. The van der Waals surface area contributed by atoms with Gasteiger partial charge in [0.05, 0.1) is 13.7 Å². The highest BCUT2D eigenvalue weighted by atomic mass is 15.3. The molecule has 1 aromatic heterocycles. The van der Waals surface area contributed by atoms with Gasteiger partial charge in [0, 0.05) is 32.4 Å². The predicted molar refractivity (Wildman–Crippen MR) is 97.8 cm³/mol. The average Bonchev–Trinajstić information content (AvgIpc) is 3.14. The number of imidazole rings is 1. The molecule has 0 unspecified atom stereocenters. The Balaban J connectivity index is 0.000000231. The first-order chi connectivity index (χ1) is 11.2. The summed E-state index contributed by atoms with van der Waals surface area (Å²) < 4.78 is 2.16. The van der Waals surface area contributed by atoms with Crippen LogP contribution in [-0.4, -0.2) is 35.0 Å². The molecule has 1 aliphatic heterocycles. The van der Waals surface area contributed by atoms with Gasteiger partial charge in [0.25, 0.3) is 5.82 Å². The minimum atomic E-state index is 1.07. The lowest BCUT2D eigenvalue weighted by molar-refractivity contribution is -0.677. The molecule has 0 fully saturated rings. The number of hydrogen-bond donors (Lipinski definition) is 1. The fourth-order valence-electron chi connectivity index (χ4n) is 2.70. The molecule has 0 aromatic carbocycles. The SMILES string of the molecule is CCCCCCc1[nH]cc[n+]1C.CCCCCN1C=CN(C)C1. The number of rotatable bonds is 9. The topological polar surface area (TPSA) is 26.1 Å². The van der Waals surface area contributed by atoms with Gasteiger partial charge in [0.1, 0.15) is 12.4 Å². The summed E-state index contributed by atoms with van der Waals surface area (Å²) >= 11 is 0. The highest BCUT2D eigenvalue weighted by Crippen LogP contribution is 2.05. The van der Waals surface area contributed by atoms with Crippen molar-refractivity contribution in [2.75, 3.05) is 20.3 Å². The van der Waals surface area contributed by atoms with Crippen LogP contribution in [0.4, 0.5) is 0 Å². The van der Waals surface area contributed by atoms with E-state index in [2.05, 4.69) is 65.9 Å². The Hall–Kier alpha value is -1.45. The van der Waals surface area contributed by atoms with Crippen LogP contribution in [0, 0.1) is 0 Å². The molecule has 2 rings (SSSR count). The Bertz CT molecular complexity index is 425. The molecule has 0 aliphatic carbocycles. The average molecular weight is 322 g/mol. The van der Waals surface area contributed by atoms with Gasteiger partial charge in [-0.15, -0.1) is 0 Å². The summed E-state index contributed by atoms with van der Waals surface area (Å²) in [7, 11) is 4.20. The summed E-state index contributed by atoms with van der Waals surface area (Å²) in [6.45, 7) is 6.78. The lowest BCUT2D eigenvalue weighted by atomic mass is 10.1. The third-order valence-corrected chi connectivity index (χ3v) is 4.23. The number of nitrogens with one attached hydrogen (secondary N) is 1. The lowest BCUT2D eigenvalue weighted by Crippen LogP contribution is -2.30. The third kappa shape index (κ3) is 8.68. The van der Waals surface area contributed by atoms with Crippen LogP contribution in [0.2, 0.25) is 0 Å². The smallest absolute Gasteiger partial charge is 0.253 e. The summed E-state index contributed by atoms with van der Waals surface area (Å²) in [5.74, 6) is 1.34. The van der Waals surface area contributed by atoms with Crippen molar-refractivity contribution in [3.05, 3.63) is 30.6 Å². The molecular weight excluding hydrogens is 284 g/mol. The Morgan fingerprint density at radius 3 is 2.35 bits per heavy atom. The molecule has 0 radical (unpaired) electrons. The lowest BCUT2D eigenvalue weighted by Gasteiger charge is -2.17. The third-order valence-electron chi connectivity index (χ3n) is 4.23. The zero-order chi connectivity index (χ0) is 16.9. The van der Waals surface area contributed by atoms with Crippen molar-refractivity contribution in [3.63, 3.8) is 0 Å². The van der Waals surface area contributed by atoms with E-state index in [4.69, 9.17) is 0 Å². The maximum atomic E-state index is 3.25. The van der Waals surface area contributed by atoms with Gasteiger partial charge in [-0.1, -0.05) is 46.0 Å². The van der Waals surface area contributed by atoms with Crippen molar-refractivity contribution < 1.29 is 4.57 Å². The first kappa shape index (κ1) is 19.6. The maximum Gasteiger partial charge on any atom is 0.253 e. The van der Waals surface area contributed by atoms with Gasteiger partial charge in [-0.05, 0) is 12.8 Å². The van der Waals surface area contributed by atoms with E-state index in [0.717, 1.165) is 6.67 Å². The number of nitrogens with zero attached hydrogens (tertiary/aromatic N) is 3. The second-order valence-electron chi connectivity index (χ2n) is 6.54. The van der Waals surface area contributed by atoms with Crippen LogP contribution in [0.5, 0.6) is 0 Å². The number of unbranched alkanes of at least 4 members (excludes halogenated alkanes) is 5. The van der Waals surface area contributed by atoms with Crippen molar-refractivity contribution in [3.8, 4) is 0 Å². The molecule has 0 atom stereocenters. The van der Waals surface area contributed by atoms with E-state index < -0.39 is 0 Å². The minimum Gasteiger partial charge on any atom is -0.362 e. The molecule has 1 aliphatic rings. The van der Waals surface area contributed by atoms with E-state index in [0.29, 0.717) is 0 Å². The Morgan fingerprint density at radius 1 is 1.04 bits per heavy atom. The quantitative estimate of drug-likeness (QED) is 0.553. The molecule has 0 bridgehead atoms. The molecule has 23 heavy (non-hydrogen) atoms. The highest BCUT2D eigenvalue weighted by Gasteiger charge is 2.06. The second kappa shape index (κ2) is 12.0. The van der Waals surface area contributed by atoms with Crippen LogP contribution in [0.15, 0.2) is 24.8 Å². The van der Waals surface area contributed by atoms with Gasteiger partial charge < -0.3 is 9.80 Å². The largest absolute Gasteiger partial charge is 0.362 e. The monoisotopic (exact) mass is 321 g/mol. The van der Waals surface area contributed by atoms with Crippen molar-refractivity contribution in [2.24, 2.45) is 7.05 Å². The van der Waals surface area contributed by atoms with Gasteiger partial charge in [-0.25, -0.2) is 9.55 Å². The van der Waals surface area contributed by atoms with E-state index in [1.54, 1.807) is 0 Å². The summed E-state index contributed by atoms with van der Waals surface area (Å²) in [4.78, 5) is 7.80. The molecule has 0 saturated heterocycles. The van der Waals surface area contributed by atoms with Gasteiger partial charge in [-0.3, -0.25) is 0 Å². The molecule has 2 heterocycles. The molecule has 1 N–H and O–H groups in total. The van der Waals surface area contributed by atoms with Gasteiger partial charge in [0.2, 0.25) is 0 Å². The second-order valence-corrected chi connectivity index (χ2v) is 6.54. The number of aryl methyl sites for hydroxylation is 2. The van der Waals surface area contributed by atoms with E-state index >= 15 is 0 Å². The molecule has 1 aromatic rings. The molecule has 4 heteroatoms. The standard InChI is InChI=1S/C10H18N2.C9H18N2/c1-3-4-5-6-7-10-11-8-9-12(10)2;1-3-4-5-6-11-8-7-10(2)9-11/h8-9H,3-7H2,1-2H3;7-8H,3-6,9H2,1-2H3/p+1. The first-order valence-electron chi connectivity index (χ1n) is 9.31. The number of aromatic nitrogens is 2. The summed E-state index contributed by atoms with van der Waals surface area (Å²) in [5.41, 5.74) is 0. The molecule has 0 saturated carbocycles. The highest BCUT2D eigenvalue weighted by molar-refractivity contribution is 4.88. The van der Waals surface area contributed by atoms with Crippen molar-refractivity contribution in [2.45, 2.75) is 65.2 Å². The van der Waals surface area contributed by atoms with Gasteiger partial charge in [-0.2, -0.15) is 0 Å². The van der Waals surface area contributed by atoms with Crippen molar-refractivity contribution in [1.29, 1.82) is 0 Å². The minimum absolute atomic E-state index is 1.07. The van der Waals surface area contributed by atoms with Crippen LogP contribution >= 0.6 is 0 Å². The van der Waals surface area contributed by atoms with Crippen molar-refractivity contribution in [1.82, 2.24) is 14.8 Å². The zero-order valence-electron chi connectivity index (χ0n) is 15.7. The van der Waals surface area contributed by atoms with E-state index in [-0.39, 0.29) is 0 Å². The van der Waals surface area contributed by atoms with E-state index in [1.807, 2.05) is 6.20 Å². The fourth-order valence-corrected chi connectivity index (χ4v) is 2.70. The number of H-pyrrole nitrogens is 1.